The Hall–Kier alpha value is -5.85. The first kappa shape index (κ1) is 43.6. The summed E-state index contributed by atoms with van der Waals surface area (Å²) in [5.74, 6) is -3.48. The third-order valence-corrected chi connectivity index (χ3v) is 9.46. The van der Waals surface area contributed by atoms with E-state index in [1.165, 1.54) is 6.92 Å². The molecule has 14 nitrogen and oxygen atoms in total. The number of rotatable bonds is 16. The van der Waals surface area contributed by atoms with Gasteiger partial charge in [0.15, 0.2) is 5.78 Å². The predicted octanol–water partition coefficient (Wildman–Crippen LogP) is 1.15. The fraction of sp³-hybridized carbons (Fsp3) is 0.256. The maximum atomic E-state index is 15.0. The van der Waals surface area contributed by atoms with Crippen LogP contribution in [0, 0.1) is 0 Å². The second kappa shape index (κ2) is 20.0. The summed E-state index contributed by atoms with van der Waals surface area (Å²) in [5, 5.41) is 13.4. The number of halogens is 1. The summed E-state index contributed by atoms with van der Waals surface area (Å²) in [7, 11) is -4.42. The lowest BCUT2D eigenvalue weighted by molar-refractivity contribution is -0.156. The number of carbonyl (C=O) groups is 4. The molecule has 0 aliphatic rings. The molecular formula is C39H45ClN5O9P. The van der Waals surface area contributed by atoms with Crippen molar-refractivity contribution in [3.8, 4) is 11.5 Å². The summed E-state index contributed by atoms with van der Waals surface area (Å²) in [6, 6.07) is 28.9. The van der Waals surface area contributed by atoms with E-state index in [1.807, 2.05) is 6.07 Å². The van der Waals surface area contributed by atoms with Crippen LogP contribution in [0.2, 0.25) is 0 Å². The van der Waals surface area contributed by atoms with Crippen LogP contribution in [-0.4, -0.2) is 47.4 Å². The molecule has 0 bridgehead atoms. The molecule has 0 fully saturated rings. The minimum absolute atomic E-state index is 0. The van der Waals surface area contributed by atoms with E-state index in [1.54, 1.807) is 130 Å². The lowest BCUT2D eigenvalue weighted by atomic mass is 10.1. The maximum Gasteiger partial charge on any atom is 0.457 e. The summed E-state index contributed by atoms with van der Waals surface area (Å²) >= 11 is 0. The van der Waals surface area contributed by atoms with Gasteiger partial charge in [-0.05, 0) is 75.2 Å². The first-order valence-corrected chi connectivity index (χ1v) is 18.6. The molecule has 0 aliphatic heterocycles. The molecule has 0 aromatic heterocycles. The fourth-order valence-electron chi connectivity index (χ4n) is 4.89. The van der Waals surface area contributed by atoms with Crippen LogP contribution < -0.4 is 48.5 Å². The van der Waals surface area contributed by atoms with Gasteiger partial charge >= 0.3 is 19.7 Å². The summed E-state index contributed by atoms with van der Waals surface area (Å²) in [6.45, 7) is 6.24. The quantitative estimate of drug-likeness (QED) is 0.0473. The van der Waals surface area contributed by atoms with Gasteiger partial charge in [-0.3, -0.25) is 25.5 Å². The number of carbonyl (C=O) groups excluding carboxylic acids is 4. The van der Waals surface area contributed by atoms with Crippen molar-refractivity contribution in [2.75, 3.05) is 0 Å². The Kier molecular flexibility index (Phi) is 15.8. The fourth-order valence-corrected chi connectivity index (χ4v) is 6.79. The first-order valence-electron chi connectivity index (χ1n) is 17.0. The molecule has 3 amide bonds. The number of nitrogens with one attached hydrogen (secondary N) is 3. The third-order valence-electron chi connectivity index (χ3n) is 7.47. The van der Waals surface area contributed by atoms with Gasteiger partial charge in [0.25, 0.3) is 5.84 Å². The molecule has 4 aromatic carbocycles. The van der Waals surface area contributed by atoms with Crippen LogP contribution in [0.4, 0.5) is 4.79 Å². The van der Waals surface area contributed by atoms with Crippen LogP contribution in [0.1, 0.15) is 56.6 Å². The summed E-state index contributed by atoms with van der Waals surface area (Å²) in [4.78, 5) is 53.1. The van der Waals surface area contributed by atoms with Gasteiger partial charge in [-0.25, -0.2) is 9.36 Å². The number of esters is 1. The van der Waals surface area contributed by atoms with Crippen molar-refractivity contribution in [1.29, 1.82) is 0 Å². The highest BCUT2D eigenvalue weighted by Gasteiger charge is 2.43. The van der Waals surface area contributed by atoms with E-state index in [9.17, 15) is 23.7 Å². The highest BCUT2D eigenvalue weighted by Crippen LogP contribution is 2.59. The van der Waals surface area contributed by atoms with E-state index in [2.05, 4.69) is 16.0 Å². The molecule has 0 saturated carbocycles. The van der Waals surface area contributed by atoms with E-state index < -0.39 is 61.4 Å². The number of amides is 3. The van der Waals surface area contributed by atoms with Crippen LogP contribution >= 0.6 is 7.60 Å². The van der Waals surface area contributed by atoms with Gasteiger partial charge < -0.3 is 46.9 Å². The Balaban J connectivity index is 0.00000812. The van der Waals surface area contributed by atoms with E-state index in [4.69, 9.17) is 29.7 Å². The predicted molar refractivity (Wildman–Crippen MR) is 201 cm³/mol. The van der Waals surface area contributed by atoms with E-state index in [0.717, 1.165) is 0 Å². The summed E-state index contributed by atoms with van der Waals surface area (Å²) in [6.07, 6.45) is -1.55. The minimum Gasteiger partial charge on any atom is -1.00 e. The van der Waals surface area contributed by atoms with Crippen LogP contribution in [0.3, 0.4) is 0 Å². The first-order chi connectivity index (χ1) is 25.6. The molecule has 292 valence electrons. The number of para-hydroxylation sites is 2. The van der Waals surface area contributed by atoms with Gasteiger partial charge in [0.1, 0.15) is 35.8 Å². The van der Waals surface area contributed by atoms with Crippen LogP contribution in [0.15, 0.2) is 115 Å². The Morgan fingerprint density at radius 1 is 0.745 bits per heavy atom. The normalized spacial score (nSPS) is 12.7. The van der Waals surface area contributed by atoms with Gasteiger partial charge in [-0.2, -0.15) is 0 Å². The molecule has 4 aromatic rings. The zero-order chi connectivity index (χ0) is 39.3. The van der Waals surface area contributed by atoms with Crippen LogP contribution in [0.5, 0.6) is 11.5 Å². The van der Waals surface area contributed by atoms with Gasteiger partial charge in [0.05, 0.1) is 12.0 Å². The molecule has 0 radical (unpaired) electrons. The number of alkyl carbamates (subject to hydrolysis) is 1. The zero-order valence-electron chi connectivity index (χ0n) is 30.8. The Morgan fingerprint density at radius 2 is 1.25 bits per heavy atom. The van der Waals surface area contributed by atoms with Gasteiger partial charge in [0.2, 0.25) is 11.8 Å². The van der Waals surface area contributed by atoms with Crippen molar-refractivity contribution in [3.63, 3.8) is 0 Å². The Bertz CT molecular complexity index is 1900. The van der Waals surface area contributed by atoms with E-state index >= 15 is 0 Å². The largest absolute Gasteiger partial charge is 1.00 e. The second-order valence-electron chi connectivity index (χ2n) is 13.1. The molecule has 0 heterocycles. The van der Waals surface area contributed by atoms with Gasteiger partial charge in [-0.1, -0.05) is 78.9 Å². The minimum atomic E-state index is -4.42. The van der Waals surface area contributed by atoms with E-state index in [0.29, 0.717) is 16.7 Å². The number of hydrogen-bond donors (Lipinski definition) is 5. The number of benzene rings is 4. The third kappa shape index (κ3) is 13.8. The zero-order valence-corrected chi connectivity index (χ0v) is 32.4. The monoisotopic (exact) mass is 793 g/mol. The van der Waals surface area contributed by atoms with Crippen molar-refractivity contribution in [2.24, 2.45) is 5.73 Å². The van der Waals surface area contributed by atoms with Gasteiger partial charge in [-0.15, -0.1) is 0 Å². The van der Waals surface area contributed by atoms with Gasteiger partial charge in [0, 0.05) is 0 Å². The average molecular weight is 794 g/mol. The SMILES string of the molecule is C[C@H](NC(=O)[C@H](CC(=O)OC(C)(C)C)NC(=O)OCc1ccccc1)C(=O)NC(c1ccc(C(N)=[NH2+])cc1)P(=O)(Oc1ccccc1)Oc1ccccc1.[Cl-]. The maximum absolute atomic E-state index is 15.0. The molecule has 0 aliphatic carbocycles. The molecule has 55 heavy (non-hydrogen) atoms. The van der Waals surface area contributed by atoms with E-state index in [-0.39, 0.29) is 36.3 Å². The van der Waals surface area contributed by atoms with Crippen molar-refractivity contribution < 1.29 is 60.1 Å². The van der Waals surface area contributed by atoms with Crippen molar-refractivity contribution in [3.05, 3.63) is 132 Å². The number of hydrogen-bond acceptors (Lipinski definition) is 9. The lowest BCUT2D eigenvalue weighted by Gasteiger charge is -2.29. The van der Waals surface area contributed by atoms with Crippen molar-refractivity contribution >= 4 is 37.3 Å². The molecule has 4 rings (SSSR count). The number of nitrogens with two attached hydrogens (primary N) is 2. The molecule has 0 spiro atoms. The lowest BCUT2D eigenvalue weighted by Crippen LogP contribution is -3.00. The standard InChI is InChI=1S/C39H44N5O9P.ClH/c1-26(42-36(47)32(24-33(45)51-39(2,3)4)43-38(48)50-25-27-14-8-5-9-15-27)35(46)44-37(29-22-20-28(21-23-29)34(40)41)54(49,52-30-16-10-6-11-17-30)53-31-18-12-7-13-19-31;/h5-23,26,32,37H,24-25H2,1-4H3,(H3,40,41)(H,42,47)(H,43,48)(H,44,46);1H/t26-,32-,37?;/m0./s1. The number of amidine groups is 1. The highest BCUT2D eigenvalue weighted by atomic mass is 35.5. The molecule has 0 saturated heterocycles. The van der Waals surface area contributed by atoms with Crippen molar-refractivity contribution in [2.45, 2.75) is 64.2 Å². The topological polar surface area (TPSA) is 210 Å². The van der Waals surface area contributed by atoms with Crippen LogP contribution in [0.25, 0.3) is 0 Å². The molecule has 7 N–H and O–H groups in total. The molecular weight excluding hydrogens is 749 g/mol. The summed E-state index contributed by atoms with van der Waals surface area (Å²) in [5.41, 5.74) is 6.38. The molecule has 3 atom stereocenters. The second-order valence-corrected chi connectivity index (χ2v) is 15.1. The smallest absolute Gasteiger partial charge is 0.457 e. The summed E-state index contributed by atoms with van der Waals surface area (Å²) < 4.78 is 37.7. The van der Waals surface area contributed by atoms with Crippen molar-refractivity contribution in [1.82, 2.24) is 16.0 Å². The number of ether oxygens (including phenoxy) is 2. The van der Waals surface area contributed by atoms with Crippen LogP contribution in [-0.2, 0) is 35.0 Å². The Labute approximate surface area is 325 Å². The Morgan fingerprint density at radius 3 is 1.75 bits per heavy atom. The molecule has 16 heteroatoms. The molecule has 1 unspecified atom stereocenters. The highest BCUT2D eigenvalue weighted by molar-refractivity contribution is 7.55. The average Bonchev–Trinajstić information content (AvgIpc) is 3.13.